The number of para-hydroxylation sites is 2. The molecular weight excluding hydrogens is 412 g/mol. The maximum Gasteiger partial charge on any atom is 0.275 e. The molecule has 2 amide bonds. The van der Waals surface area contributed by atoms with Crippen LogP contribution in [0, 0.1) is 0 Å². The van der Waals surface area contributed by atoms with Gasteiger partial charge in [0.25, 0.3) is 11.8 Å². The molecule has 2 aliphatic rings. The number of hydrogen-bond acceptors (Lipinski definition) is 4. The van der Waals surface area contributed by atoms with Gasteiger partial charge >= 0.3 is 0 Å². The summed E-state index contributed by atoms with van der Waals surface area (Å²) in [7, 11) is 0. The van der Waals surface area contributed by atoms with E-state index in [1.165, 1.54) is 38.8 Å². The molecular formula is C27H30N4O2. The average Bonchev–Trinajstić information content (AvgIpc) is 3.17. The summed E-state index contributed by atoms with van der Waals surface area (Å²) in [6, 6.07) is 17.6. The van der Waals surface area contributed by atoms with Crippen molar-refractivity contribution in [1.29, 1.82) is 0 Å². The number of carbonyl (C=O) groups excluding carboxylic acids is 2. The Kier molecular flexibility index (Phi) is 6.26. The van der Waals surface area contributed by atoms with E-state index in [0.717, 1.165) is 41.7 Å². The van der Waals surface area contributed by atoms with Crippen molar-refractivity contribution in [3.8, 4) is 0 Å². The summed E-state index contributed by atoms with van der Waals surface area (Å²) in [5.74, 6) is -0.747. The zero-order chi connectivity index (χ0) is 22.6. The van der Waals surface area contributed by atoms with Gasteiger partial charge < -0.3 is 14.8 Å². The minimum atomic E-state index is -0.392. The first-order valence-corrected chi connectivity index (χ1v) is 11.9. The normalized spacial score (nSPS) is 17.5. The molecule has 2 N–H and O–H groups in total. The summed E-state index contributed by atoms with van der Waals surface area (Å²) >= 11 is 0. The standard InChI is InChI=1S/C27H30N4O2/c32-26-24(25(27(33)29-26)28-20-11-4-3-5-12-20)22-19-31(23-14-7-6-13-21(22)23)18-10-17-30-15-8-1-2-9-16-30/h3-7,11-14,19H,1-2,8-10,15-18H2,(H2,28,29,32,33). The van der Waals surface area contributed by atoms with E-state index in [1.54, 1.807) is 0 Å². The van der Waals surface area contributed by atoms with E-state index in [4.69, 9.17) is 0 Å². The van der Waals surface area contributed by atoms with E-state index in [1.807, 2.05) is 54.7 Å². The Labute approximate surface area is 194 Å². The van der Waals surface area contributed by atoms with Crippen LogP contribution in [-0.4, -0.2) is 40.9 Å². The molecule has 170 valence electrons. The highest BCUT2D eigenvalue weighted by molar-refractivity contribution is 6.38. The van der Waals surface area contributed by atoms with Crippen molar-refractivity contribution in [3.63, 3.8) is 0 Å². The number of aromatic nitrogens is 1. The van der Waals surface area contributed by atoms with Crippen LogP contribution in [0.25, 0.3) is 16.5 Å². The van der Waals surface area contributed by atoms with Crippen LogP contribution >= 0.6 is 0 Å². The third-order valence-electron chi connectivity index (χ3n) is 6.60. The molecule has 1 aromatic heterocycles. The summed E-state index contributed by atoms with van der Waals surface area (Å²) < 4.78 is 2.23. The molecule has 1 saturated heterocycles. The summed E-state index contributed by atoms with van der Waals surface area (Å²) in [6.07, 6.45) is 8.37. The van der Waals surface area contributed by atoms with Gasteiger partial charge in [-0.05, 0) is 57.1 Å². The highest BCUT2D eigenvalue weighted by atomic mass is 16.2. The molecule has 0 bridgehead atoms. The van der Waals surface area contributed by atoms with Crippen molar-refractivity contribution in [3.05, 3.63) is 72.1 Å². The second-order valence-corrected chi connectivity index (χ2v) is 8.89. The van der Waals surface area contributed by atoms with Gasteiger partial charge in [0.2, 0.25) is 0 Å². The fourth-order valence-electron chi connectivity index (χ4n) is 4.95. The van der Waals surface area contributed by atoms with E-state index in [0.29, 0.717) is 11.3 Å². The lowest BCUT2D eigenvalue weighted by Gasteiger charge is -2.19. The van der Waals surface area contributed by atoms with Crippen LogP contribution in [-0.2, 0) is 16.1 Å². The van der Waals surface area contributed by atoms with Gasteiger partial charge in [-0.25, -0.2) is 0 Å². The minimum absolute atomic E-state index is 0.304. The zero-order valence-electron chi connectivity index (χ0n) is 18.8. The Morgan fingerprint density at radius 2 is 1.55 bits per heavy atom. The van der Waals surface area contributed by atoms with Gasteiger partial charge in [0, 0.05) is 34.9 Å². The molecule has 0 radical (unpaired) electrons. The van der Waals surface area contributed by atoms with Crippen molar-refractivity contribution in [2.75, 3.05) is 25.0 Å². The molecule has 6 nitrogen and oxygen atoms in total. The number of fused-ring (bicyclic) bond motifs is 1. The number of carbonyl (C=O) groups is 2. The number of nitrogens with one attached hydrogen (secondary N) is 2. The van der Waals surface area contributed by atoms with E-state index >= 15 is 0 Å². The molecule has 2 aromatic carbocycles. The Morgan fingerprint density at radius 3 is 2.33 bits per heavy atom. The van der Waals surface area contributed by atoms with E-state index in [9.17, 15) is 9.59 Å². The van der Waals surface area contributed by atoms with Crippen LogP contribution in [0.15, 0.2) is 66.5 Å². The van der Waals surface area contributed by atoms with Gasteiger partial charge in [0.15, 0.2) is 0 Å². The monoisotopic (exact) mass is 442 g/mol. The Bertz CT molecular complexity index is 1190. The molecule has 0 spiro atoms. The first-order chi connectivity index (χ1) is 16.2. The lowest BCUT2D eigenvalue weighted by atomic mass is 10.0. The summed E-state index contributed by atoms with van der Waals surface area (Å²) in [5, 5.41) is 6.62. The number of aryl methyl sites for hydroxylation is 1. The van der Waals surface area contributed by atoms with Gasteiger partial charge in [-0.1, -0.05) is 49.2 Å². The number of amides is 2. The minimum Gasteiger partial charge on any atom is -0.350 e. The van der Waals surface area contributed by atoms with Crippen LogP contribution in [0.4, 0.5) is 5.69 Å². The fraction of sp³-hybridized carbons (Fsp3) is 0.333. The van der Waals surface area contributed by atoms with Crippen LogP contribution in [0.3, 0.4) is 0 Å². The molecule has 0 saturated carbocycles. The topological polar surface area (TPSA) is 66.4 Å². The van der Waals surface area contributed by atoms with E-state index < -0.39 is 5.91 Å². The van der Waals surface area contributed by atoms with Gasteiger partial charge in [0.05, 0.1) is 5.57 Å². The predicted molar refractivity (Wildman–Crippen MR) is 132 cm³/mol. The third kappa shape index (κ3) is 4.57. The van der Waals surface area contributed by atoms with Crippen LogP contribution in [0.1, 0.15) is 37.7 Å². The molecule has 33 heavy (non-hydrogen) atoms. The average molecular weight is 443 g/mol. The highest BCUT2D eigenvalue weighted by Crippen LogP contribution is 2.32. The number of rotatable bonds is 7. The van der Waals surface area contributed by atoms with Crippen LogP contribution in [0.2, 0.25) is 0 Å². The SMILES string of the molecule is O=C1NC(=O)C(c2cn(CCCN3CCCCCC3)c3ccccc23)=C1Nc1ccccc1. The second kappa shape index (κ2) is 9.63. The maximum atomic E-state index is 12.8. The number of anilines is 1. The number of likely N-dealkylation sites (tertiary alicyclic amines) is 1. The molecule has 5 rings (SSSR count). The number of nitrogens with zero attached hydrogens (tertiary/aromatic N) is 2. The van der Waals surface area contributed by atoms with Crippen molar-refractivity contribution < 1.29 is 9.59 Å². The Balaban J connectivity index is 1.45. The second-order valence-electron chi connectivity index (χ2n) is 8.89. The lowest BCUT2D eigenvalue weighted by Crippen LogP contribution is -2.26. The molecule has 0 aliphatic carbocycles. The van der Waals surface area contributed by atoms with E-state index in [-0.39, 0.29) is 5.91 Å². The largest absolute Gasteiger partial charge is 0.350 e. The first kappa shape index (κ1) is 21.5. The number of hydrogen-bond donors (Lipinski definition) is 2. The molecule has 1 fully saturated rings. The van der Waals surface area contributed by atoms with Crippen molar-refractivity contribution in [2.24, 2.45) is 0 Å². The summed E-state index contributed by atoms with van der Waals surface area (Å²) in [5.41, 5.74) is 3.37. The maximum absolute atomic E-state index is 12.8. The quantitative estimate of drug-likeness (QED) is 0.533. The third-order valence-corrected chi connectivity index (χ3v) is 6.60. The zero-order valence-corrected chi connectivity index (χ0v) is 18.8. The summed E-state index contributed by atoms with van der Waals surface area (Å²) in [6.45, 7) is 4.36. The molecule has 3 aromatic rings. The molecule has 0 unspecified atom stereocenters. The molecule has 3 heterocycles. The molecule has 2 aliphatic heterocycles. The van der Waals surface area contributed by atoms with Crippen LogP contribution < -0.4 is 10.6 Å². The van der Waals surface area contributed by atoms with Crippen LogP contribution in [0.5, 0.6) is 0 Å². The predicted octanol–water partition coefficient (Wildman–Crippen LogP) is 4.39. The van der Waals surface area contributed by atoms with Gasteiger partial charge in [-0.2, -0.15) is 0 Å². The van der Waals surface area contributed by atoms with Crippen molar-refractivity contribution >= 4 is 34.0 Å². The van der Waals surface area contributed by atoms with Gasteiger partial charge in [-0.15, -0.1) is 0 Å². The van der Waals surface area contributed by atoms with Gasteiger partial charge in [-0.3, -0.25) is 14.9 Å². The van der Waals surface area contributed by atoms with Gasteiger partial charge in [0.1, 0.15) is 5.70 Å². The van der Waals surface area contributed by atoms with E-state index in [2.05, 4.69) is 26.2 Å². The van der Waals surface area contributed by atoms with Crippen molar-refractivity contribution in [2.45, 2.75) is 38.6 Å². The summed E-state index contributed by atoms with van der Waals surface area (Å²) in [4.78, 5) is 28.0. The van der Waals surface area contributed by atoms with Crippen molar-refractivity contribution in [1.82, 2.24) is 14.8 Å². The molecule has 6 heteroatoms. The Morgan fingerprint density at radius 1 is 0.818 bits per heavy atom. The number of imide groups is 1. The first-order valence-electron chi connectivity index (χ1n) is 11.9. The highest BCUT2D eigenvalue weighted by Gasteiger charge is 2.33. The molecule has 0 atom stereocenters. The smallest absolute Gasteiger partial charge is 0.275 e. The number of benzene rings is 2. The Hall–Kier alpha value is -3.38. The lowest BCUT2D eigenvalue weighted by molar-refractivity contribution is -0.123. The fourth-order valence-corrected chi connectivity index (χ4v) is 4.95.